The van der Waals surface area contributed by atoms with Crippen molar-refractivity contribution in [3.8, 4) is 5.75 Å². The molecule has 0 atom stereocenters. The van der Waals surface area contributed by atoms with Crippen LogP contribution in [0.3, 0.4) is 0 Å². The average molecular weight is 589 g/mol. The van der Waals surface area contributed by atoms with Crippen LogP contribution in [-0.2, 0) is 6.54 Å². The van der Waals surface area contributed by atoms with Crippen LogP contribution in [0.2, 0.25) is 5.02 Å². The van der Waals surface area contributed by atoms with Crippen molar-refractivity contribution < 1.29 is 14.6 Å². The van der Waals surface area contributed by atoms with Crippen LogP contribution in [0.25, 0.3) is 11.0 Å². The number of benzene rings is 1. The molecule has 226 valence electrons. The quantitative estimate of drug-likeness (QED) is 0.419. The lowest BCUT2D eigenvalue weighted by Gasteiger charge is -2.32. The number of amides is 1. The molecule has 0 aliphatic carbocycles. The molecule has 3 aromatic rings. The normalized spacial score (nSPS) is 13.3. The van der Waals surface area contributed by atoms with E-state index >= 15 is 0 Å². The summed E-state index contributed by atoms with van der Waals surface area (Å²) >= 11 is 6.38. The number of likely N-dealkylation sites (N-methyl/N-ethyl adjacent to an activating group) is 1. The fraction of sp³-hybridized carbons (Fsp3) is 0.533. The molecule has 1 aliphatic heterocycles. The first-order valence-corrected chi connectivity index (χ1v) is 14.5. The number of rotatable bonds is 8. The van der Waals surface area contributed by atoms with Crippen LogP contribution in [0.5, 0.6) is 5.75 Å². The molecule has 1 saturated heterocycles. The first-order valence-electron chi connectivity index (χ1n) is 14.2. The predicted molar refractivity (Wildman–Crippen MR) is 167 cm³/mol. The van der Waals surface area contributed by atoms with Gasteiger partial charge in [-0.1, -0.05) is 38.4 Å². The number of aliphatic hydroxyl groups excluding tert-OH is 1. The highest BCUT2D eigenvalue weighted by Gasteiger charge is 2.25. The lowest BCUT2D eigenvalue weighted by molar-refractivity contribution is 0.0662. The summed E-state index contributed by atoms with van der Waals surface area (Å²) in [6.45, 7) is 14.0. The molecule has 0 unspecified atom stereocenters. The Balaban J connectivity index is 0.00000141. The van der Waals surface area contributed by atoms with Gasteiger partial charge in [-0.15, -0.1) is 0 Å². The zero-order chi connectivity index (χ0) is 30.7. The highest BCUT2D eigenvalue weighted by atomic mass is 35.5. The number of hydrogen-bond donors (Lipinski definition) is 1. The van der Waals surface area contributed by atoms with Crippen molar-refractivity contribution in [1.29, 1.82) is 0 Å². The predicted octanol–water partition coefficient (Wildman–Crippen LogP) is 4.15. The topological polar surface area (TPSA) is 104 Å². The van der Waals surface area contributed by atoms with Gasteiger partial charge in [-0.05, 0) is 51.1 Å². The standard InChI is InChI=1S/C27H35ClN6O3.C2H6.CH4O/c1-6-9-33(18(2)3)27-29-16-20-15-21(25(35)32-12-10-31(4)11-13-32)26(36)34(24(20)30-27)17-19-7-8-23(37-5)22(28)14-19;2*1-2/h7-8,14-16,18H,6,9-13,17H2,1-5H3;1-2H3;2H,1H3. The monoisotopic (exact) mass is 588 g/mol. The van der Waals surface area contributed by atoms with Crippen molar-refractivity contribution in [2.75, 3.05) is 58.9 Å². The summed E-state index contributed by atoms with van der Waals surface area (Å²) in [5, 5.41) is 8.09. The van der Waals surface area contributed by atoms with Gasteiger partial charge in [-0.3, -0.25) is 14.2 Å². The van der Waals surface area contributed by atoms with E-state index in [9.17, 15) is 9.59 Å². The Bertz CT molecular complexity index is 1340. The van der Waals surface area contributed by atoms with Gasteiger partial charge in [0.2, 0.25) is 5.95 Å². The van der Waals surface area contributed by atoms with Crippen LogP contribution in [0, 0.1) is 0 Å². The number of hydrogen-bond acceptors (Lipinski definition) is 8. The van der Waals surface area contributed by atoms with Crippen LogP contribution < -0.4 is 15.2 Å². The van der Waals surface area contributed by atoms with Crippen molar-refractivity contribution in [2.45, 2.75) is 53.6 Å². The van der Waals surface area contributed by atoms with Gasteiger partial charge in [-0.2, -0.15) is 4.98 Å². The van der Waals surface area contributed by atoms with Gasteiger partial charge >= 0.3 is 0 Å². The van der Waals surface area contributed by atoms with E-state index < -0.39 is 0 Å². The summed E-state index contributed by atoms with van der Waals surface area (Å²) in [4.78, 5) is 42.8. The molecule has 1 N–H and O–H groups in total. The van der Waals surface area contributed by atoms with Crippen LogP contribution in [-0.4, -0.2) is 95.4 Å². The van der Waals surface area contributed by atoms with Crippen LogP contribution >= 0.6 is 11.6 Å². The number of pyridine rings is 1. The average Bonchev–Trinajstić information content (AvgIpc) is 2.99. The number of anilines is 1. The van der Waals surface area contributed by atoms with Crippen molar-refractivity contribution >= 4 is 34.5 Å². The SMILES string of the molecule is CC.CCCN(c1ncc2cc(C(=O)N3CCN(C)CC3)c(=O)n(Cc3ccc(OC)c(Cl)c3)c2n1)C(C)C.CO. The Morgan fingerprint density at radius 2 is 1.80 bits per heavy atom. The van der Waals surface area contributed by atoms with Crippen molar-refractivity contribution in [2.24, 2.45) is 0 Å². The molecule has 0 spiro atoms. The summed E-state index contributed by atoms with van der Waals surface area (Å²) in [7, 11) is 4.58. The molecule has 41 heavy (non-hydrogen) atoms. The molecule has 1 amide bonds. The molecule has 0 bridgehead atoms. The fourth-order valence-electron chi connectivity index (χ4n) is 4.59. The zero-order valence-corrected chi connectivity index (χ0v) is 26.4. The first-order chi connectivity index (χ1) is 19.7. The molecule has 1 aromatic carbocycles. The molecule has 1 fully saturated rings. The lowest BCUT2D eigenvalue weighted by atomic mass is 10.1. The Morgan fingerprint density at radius 3 is 2.37 bits per heavy atom. The van der Waals surface area contributed by atoms with Crippen molar-refractivity contribution in [1.82, 2.24) is 24.3 Å². The third-order valence-corrected chi connectivity index (χ3v) is 7.03. The molecule has 3 heterocycles. The summed E-state index contributed by atoms with van der Waals surface area (Å²) in [5.41, 5.74) is 1.04. The van der Waals surface area contributed by atoms with Gasteiger partial charge in [0.15, 0.2) is 0 Å². The molecule has 0 radical (unpaired) electrons. The number of carbonyl (C=O) groups is 1. The Labute approximate surface area is 248 Å². The highest BCUT2D eigenvalue weighted by molar-refractivity contribution is 6.32. The van der Waals surface area contributed by atoms with E-state index in [0.717, 1.165) is 38.7 Å². The summed E-state index contributed by atoms with van der Waals surface area (Å²) in [6.07, 6.45) is 2.65. The number of piperazine rings is 1. The molecule has 11 heteroatoms. The third-order valence-electron chi connectivity index (χ3n) is 6.74. The number of nitrogens with zero attached hydrogens (tertiary/aromatic N) is 6. The zero-order valence-electron chi connectivity index (χ0n) is 25.6. The first kappa shape index (κ1) is 34.0. The van der Waals surface area contributed by atoms with Gasteiger partial charge in [0.1, 0.15) is 17.0 Å². The summed E-state index contributed by atoms with van der Waals surface area (Å²) < 4.78 is 6.84. The second kappa shape index (κ2) is 16.3. The minimum atomic E-state index is -0.375. The maximum absolute atomic E-state index is 13.9. The van der Waals surface area contributed by atoms with E-state index in [1.807, 2.05) is 27.0 Å². The van der Waals surface area contributed by atoms with Gasteiger partial charge in [0.25, 0.3) is 11.5 Å². The molecular formula is C30H45ClN6O4. The van der Waals surface area contributed by atoms with E-state index in [1.165, 1.54) is 0 Å². The summed E-state index contributed by atoms with van der Waals surface area (Å²) in [5.74, 6) is 0.849. The molecule has 1 aliphatic rings. The number of aliphatic hydroxyl groups is 1. The second-order valence-corrected chi connectivity index (χ2v) is 10.2. The van der Waals surface area contributed by atoms with Crippen molar-refractivity contribution in [3.05, 3.63) is 57.0 Å². The minimum absolute atomic E-state index is 0.127. The number of aromatic nitrogens is 3. The van der Waals surface area contributed by atoms with E-state index in [1.54, 1.807) is 41.0 Å². The maximum Gasteiger partial charge on any atom is 0.265 e. The molecule has 10 nitrogen and oxygen atoms in total. The minimum Gasteiger partial charge on any atom is -0.495 e. The number of fused-ring (bicyclic) bond motifs is 1. The Morgan fingerprint density at radius 1 is 1.15 bits per heavy atom. The van der Waals surface area contributed by atoms with Gasteiger partial charge < -0.3 is 24.5 Å². The number of ether oxygens (including phenoxy) is 1. The molecule has 4 rings (SSSR count). The van der Waals surface area contributed by atoms with E-state index in [4.69, 9.17) is 26.4 Å². The van der Waals surface area contributed by atoms with Gasteiger partial charge in [0, 0.05) is 57.5 Å². The van der Waals surface area contributed by atoms with E-state index in [2.05, 4.69) is 35.6 Å². The third kappa shape index (κ3) is 8.18. The van der Waals surface area contributed by atoms with E-state index in [-0.39, 0.29) is 29.6 Å². The highest BCUT2D eigenvalue weighted by Crippen LogP contribution is 2.26. The Hall–Kier alpha value is -3.21. The van der Waals surface area contributed by atoms with Crippen LogP contribution in [0.4, 0.5) is 5.95 Å². The fourth-order valence-corrected chi connectivity index (χ4v) is 4.87. The lowest BCUT2D eigenvalue weighted by Crippen LogP contribution is -2.48. The van der Waals surface area contributed by atoms with Crippen molar-refractivity contribution in [3.63, 3.8) is 0 Å². The Kier molecular flexibility index (Phi) is 13.5. The number of halogens is 1. The molecule has 2 aromatic heterocycles. The molecule has 0 saturated carbocycles. The van der Waals surface area contributed by atoms with Gasteiger partial charge in [-0.25, -0.2) is 4.98 Å². The second-order valence-electron chi connectivity index (χ2n) is 9.75. The summed E-state index contributed by atoms with van der Waals surface area (Å²) in [6, 6.07) is 7.23. The van der Waals surface area contributed by atoms with Gasteiger partial charge in [0.05, 0.1) is 18.7 Å². The van der Waals surface area contributed by atoms with Crippen LogP contribution in [0.1, 0.15) is 57.0 Å². The number of methoxy groups -OCH3 is 1. The van der Waals surface area contributed by atoms with E-state index in [0.29, 0.717) is 40.8 Å². The van der Waals surface area contributed by atoms with Crippen LogP contribution in [0.15, 0.2) is 35.3 Å². The molecular weight excluding hydrogens is 544 g/mol. The largest absolute Gasteiger partial charge is 0.495 e. The maximum atomic E-state index is 13.9. The smallest absolute Gasteiger partial charge is 0.265 e. The number of carbonyl (C=O) groups excluding carboxylic acids is 1.